The highest BCUT2D eigenvalue weighted by Gasteiger charge is 2.10. The van der Waals surface area contributed by atoms with Crippen molar-refractivity contribution in [3.63, 3.8) is 0 Å². The number of hydrogen-bond donors (Lipinski definition) is 2. The van der Waals surface area contributed by atoms with Crippen molar-refractivity contribution in [2.75, 3.05) is 0 Å². The highest BCUT2D eigenvalue weighted by atomic mass is 35.5. The number of carboxylic acid groups (broad SMARTS) is 1. The monoisotopic (exact) mass is 255 g/mol. The highest BCUT2D eigenvalue weighted by Crippen LogP contribution is 2.12. The Kier molecular flexibility index (Phi) is 3.96. The van der Waals surface area contributed by atoms with Gasteiger partial charge in [0.05, 0.1) is 11.0 Å². The molecule has 1 heterocycles. The van der Waals surface area contributed by atoms with Crippen molar-refractivity contribution in [3.8, 4) is 0 Å². The zero-order chi connectivity index (χ0) is 11.7. The van der Waals surface area contributed by atoms with Crippen molar-refractivity contribution in [1.82, 2.24) is 9.13 Å². The first-order chi connectivity index (χ1) is 7.65. The van der Waals surface area contributed by atoms with E-state index in [0.717, 1.165) is 11.0 Å². The Morgan fingerprint density at radius 2 is 1.82 bits per heavy atom. The van der Waals surface area contributed by atoms with Gasteiger partial charge in [0.15, 0.2) is 0 Å². The van der Waals surface area contributed by atoms with Crippen LogP contribution < -0.4 is 5.62 Å². The predicted octanol–water partition coefficient (Wildman–Crippen LogP) is 1.45. The molecule has 0 unspecified atom stereocenters. The van der Waals surface area contributed by atoms with Gasteiger partial charge in [0, 0.05) is 6.54 Å². The van der Waals surface area contributed by atoms with Crippen LogP contribution in [-0.4, -0.2) is 20.2 Å². The third kappa shape index (κ3) is 2.19. The van der Waals surface area contributed by atoms with Crippen molar-refractivity contribution in [2.45, 2.75) is 20.0 Å². The molecular weight excluding hydrogens is 242 g/mol. The Bertz CT molecular complexity index is 600. The predicted molar refractivity (Wildman–Crippen MR) is 66.3 cm³/mol. The molecule has 2 N–H and O–H groups in total. The van der Waals surface area contributed by atoms with Crippen molar-refractivity contribution in [2.24, 2.45) is 0 Å². The molecule has 1 aromatic carbocycles. The van der Waals surface area contributed by atoms with Gasteiger partial charge in [0.2, 0.25) is 5.62 Å². The summed E-state index contributed by atoms with van der Waals surface area (Å²) in [7, 11) is 0. The van der Waals surface area contributed by atoms with Gasteiger partial charge in [-0.25, -0.2) is 0 Å². The van der Waals surface area contributed by atoms with Crippen LogP contribution in [0.5, 0.6) is 0 Å². The van der Waals surface area contributed by atoms with Gasteiger partial charge < -0.3 is 9.67 Å². The summed E-state index contributed by atoms with van der Waals surface area (Å²) in [5, 5.41) is 16.8. The summed E-state index contributed by atoms with van der Waals surface area (Å²) in [6.07, 6.45) is 0. The SMILES string of the molecule is CCn1c(=N)n(CC(=O)O)c2ccccc21.Cl. The van der Waals surface area contributed by atoms with E-state index in [-0.39, 0.29) is 24.6 Å². The minimum Gasteiger partial charge on any atom is -0.480 e. The molecule has 2 aromatic rings. The number of nitrogens with zero attached hydrogens (tertiary/aromatic N) is 2. The molecule has 0 fully saturated rings. The second-order valence-electron chi connectivity index (χ2n) is 3.54. The van der Waals surface area contributed by atoms with E-state index < -0.39 is 5.97 Å². The van der Waals surface area contributed by atoms with Gasteiger partial charge in [-0.1, -0.05) is 12.1 Å². The number of aromatic nitrogens is 2. The molecule has 17 heavy (non-hydrogen) atoms. The molecule has 2 rings (SSSR count). The van der Waals surface area contributed by atoms with Gasteiger partial charge in [0.25, 0.3) is 0 Å². The van der Waals surface area contributed by atoms with Gasteiger partial charge in [0.1, 0.15) is 6.54 Å². The lowest BCUT2D eigenvalue weighted by Crippen LogP contribution is -2.26. The number of rotatable bonds is 3. The molecule has 0 aliphatic heterocycles. The van der Waals surface area contributed by atoms with E-state index in [0.29, 0.717) is 6.54 Å². The first-order valence-electron chi connectivity index (χ1n) is 5.09. The molecule has 92 valence electrons. The Balaban J connectivity index is 0.00000144. The second-order valence-corrected chi connectivity index (χ2v) is 3.54. The third-order valence-corrected chi connectivity index (χ3v) is 2.58. The number of nitrogens with one attached hydrogen (secondary N) is 1. The summed E-state index contributed by atoms with van der Waals surface area (Å²) >= 11 is 0. The third-order valence-electron chi connectivity index (χ3n) is 2.58. The van der Waals surface area contributed by atoms with Crippen LogP contribution >= 0.6 is 12.4 Å². The number of imidazole rings is 1. The van der Waals surface area contributed by atoms with Gasteiger partial charge in [-0.15, -0.1) is 12.4 Å². The van der Waals surface area contributed by atoms with E-state index in [4.69, 9.17) is 10.5 Å². The molecule has 0 saturated carbocycles. The lowest BCUT2D eigenvalue weighted by molar-refractivity contribution is -0.137. The molecule has 0 spiro atoms. The largest absolute Gasteiger partial charge is 0.480 e. The zero-order valence-corrected chi connectivity index (χ0v) is 10.2. The van der Waals surface area contributed by atoms with Crippen LogP contribution in [0.25, 0.3) is 11.0 Å². The molecule has 6 heteroatoms. The molecule has 0 atom stereocenters. The molecule has 0 radical (unpaired) electrons. The molecule has 0 bridgehead atoms. The summed E-state index contributed by atoms with van der Waals surface area (Å²) in [5.41, 5.74) is 1.92. The Morgan fingerprint density at radius 1 is 1.29 bits per heavy atom. The van der Waals surface area contributed by atoms with E-state index >= 15 is 0 Å². The van der Waals surface area contributed by atoms with Gasteiger partial charge in [-0.05, 0) is 19.1 Å². The molecular formula is C11H14ClN3O2. The smallest absolute Gasteiger partial charge is 0.323 e. The maximum atomic E-state index is 10.7. The van der Waals surface area contributed by atoms with Crippen LogP contribution in [0.4, 0.5) is 0 Å². The molecule has 0 amide bonds. The Labute approximate surface area is 104 Å². The Hall–Kier alpha value is -1.75. The maximum absolute atomic E-state index is 10.7. The lowest BCUT2D eigenvalue weighted by atomic mass is 10.3. The van der Waals surface area contributed by atoms with Crippen molar-refractivity contribution < 1.29 is 9.90 Å². The number of hydrogen-bond acceptors (Lipinski definition) is 2. The minimum absolute atomic E-state index is 0. The van der Waals surface area contributed by atoms with E-state index in [1.54, 1.807) is 4.57 Å². The number of aryl methyl sites for hydroxylation is 1. The van der Waals surface area contributed by atoms with Crippen molar-refractivity contribution in [1.29, 1.82) is 5.41 Å². The zero-order valence-electron chi connectivity index (χ0n) is 9.38. The molecule has 1 aromatic heterocycles. The first-order valence-corrected chi connectivity index (χ1v) is 5.09. The number of carboxylic acids is 1. The number of benzene rings is 1. The van der Waals surface area contributed by atoms with E-state index in [9.17, 15) is 4.79 Å². The van der Waals surface area contributed by atoms with E-state index in [2.05, 4.69) is 0 Å². The lowest BCUT2D eigenvalue weighted by Gasteiger charge is -1.98. The van der Waals surface area contributed by atoms with Crippen LogP contribution in [0.2, 0.25) is 0 Å². The van der Waals surface area contributed by atoms with Gasteiger partial charge in [-0.2, -0.15) is 0 Å². The number of halogens is 1. The van der Waals surface area contributed by atoms with Crippen LogP contribution in [0, 0.1) is 5.41 Å². The van der Waals surface area contributed by atoms with Crippen LogP contribution in [0.1, 0.15) is 6.92 Å². The fourth-order valence-corrected chi connectivity index (χ4v) is 1.91. The molecule has 0 saturated heterocycles. The normalized spacial score (nSPS) is 10.2. The molecule has 0 aliphatic carbocycles. The Morgan fingerprint density at radius 3 is 2.29 bits per heavy atom. The fourth-order valence-electron chi connectivity index (χ4n) is 1.91. The van der Waals surface area contributed by atoms with Crippen molar-refractivity contribution in [3.05, 3.63) is 29.9 Å². The van der Waals surface area contributed by atoms with Crippen LogP contribution in [-0.2, 0) is 17.9 Å². The number of para-hydroxylation sites is 2. The van der Waals surface area contributed by atoms with E-state index in [1.165, 1.54) is 4.57 Å². The topological polar surface area (TPSA) is 71.0 Å². The summed E-state index contributed by atoms with van der Waals surface area (Å²) < 4.78 is 3.29. The summed E-state index contributed by atoms with van der Waals surface area (Å²) in [4.78, 5) is 10.7. The van der Waals surface area contributed by atoms with Gasteiger partial charge >= 0.3 is 5.97 Å². The highest BCUT2D eigenvalue weighted by molar-refractivity contribution is 5.85. The van der Waals surface area contributed by atoms with E-state index in [1.807, 2.05) is 31.2 Å². The minimum atomic E-state index is -0.933. The summed E-state index contributed by atoms with van der Waals surface area (Å²) in [6.45, 7) is 2.42. The summed E-state index contributed by atoms with van der Waals surface area (Å²) in [6, 6.07) is 7.47. The van der Waals surface area contributed by atoms with Crippen molar-refractivity contribution >= 4 is 29.4 Å². The second kappa shape index (κ2) is 5.05. The average molecular weight is 256 g/mol. The fraction of sp³-hybridized carbons (Fsp3) is 0.273. The standard InChI is InChI=1S/C11H13N3O2.ClH/c1-2-13-8-5-3-4-6-9(8)14(11(13)12)7-10(15)16;/h3-6,12H,2,7H2,1H3,(H,15,16);1H. The number of fused-ring (bicyclic) bond motifs is 1. The van der Waals surface area contributed by atoms with Crippen LogP contribution in [0.15, 0.2) is 24.3 Å². The number of carbonyl (C=O) groups is 1. The summed E-state index contributed by atoms with van der Waals surface area (Å²) in [5.74, 6) is -0.933. The average Bonchev–Trinajstić information content (AvgIpc) is 2.52. The molecule has 5 nitrogen and oxygen atoms in total. The van der Waals surface area contributed by atoms with Gasteiger partial charge in [-0.3, -0.25) is 14.8 Å². The number of aliphatic carboxylic acids is 1. The van der Waals surface area contributed by atoms with Crippen LogP contribution in [0.3, 0.4) is 0 Å². The molecule has 0 aliphatic rings. The quantitative estimate of drug-likeness (QED) is 0.871. The maximum Gasteiger partial charge on any atom is 0.323 e. The first kappa shape index (κ1) is 13.3.